The van der Waals surface area contributed by atoms with Gasteiger partial charge in [0.15, 0.2) is 0 Å². The van der Waals surface area contributed by atoms with Crippen LogP contribution in [0.15, 0.2) is 53.4 Å². The topological polar surface area (TPSA) is 113 Å². The number of primary amides is 1. The van der Waals surface area contributed by atoms with Crippen LogP contribution in [0.25, 0.3) is 0 Å². The number of amides is 2. The van der Waals surface area contributed by atoms with Crippen LogP contribution in [0.5, 0.6) is 0 Å². The third-order valence-electron chi connectivity index (χ3n) is 7.29. The van der Waals surface area contributed by atoms with Crippen LogP contribution in [0.2, 0.25) is 0 Å². The molecule has 1 aliphatic heterocycles. The van der Waals surface area contributed by atoms with Crippen molar-refractivity contribution in [3.63, 3.8) is 0 Å². The fraction of sp³-hybridized carbons (Fsp3) is 0.462. The molecule has 2 aromatic carbocycles. The number of nitrogens with zero attached hydrogens (tertiary/aromatic N) is 2. The van der Waals surface area contributed by atoms with Crippen LogP contribution in [0, 0.1) is 0 Å². The first kappa shape index (κ1) is 25.2. The van der Waals surface area contributed by atoms with Crippen molar-refractivity contribution in [1.82, 2.24) is 4.31 Å². The smallest absolute Gasteiger partial charge is 0.243 e. The zero-order chi connectivity index (χ0) is 25.2. The lowest BCUT2D eigenvalue weighted by atomic mass is 9.85. The molecule has 2 aliphatic rings. The summed E-state index contributed by atoms with van der Waals surface area (Å²) in [6.45, 7) is 2.08. The minimum absolute atomic E-state index is 0.0386. The largest absolute Gasteiger partial charge is 0.369 e. The predicted octanol–water partition coefficient (Wildman–Crippen LogP) is 3.45. The first-order valence-corrected chi connectivity index (χ1v) is 13.7. The number of anilines is 2. The van der Waals surface area contributed by atoms with Gasteiger partial charge in [-0.3, -0.25) is 9.59 Å². The van der Waals surface area contributed by atoms with Gasteiger partial charge in [-0.15, -0.1) is 0 Å². The zero-order valence-corrected chi connectivity index (χ0v) is 21.1. The number of nitrogens with two attached hydrogens (primary N) is 1. The van der Waals surface area contributed by atoms with Crippen molar-refractivity contribution >= 4 is 33.2 Å². The summed E-state index contributed by atoms with van der Waals surface area (Å²) in [5, 5.41) is 2.87. The Labute approximate surface area is 207 Å². The third kappa shape index (κ3) is 5.36. The Hall–Kier alpha value is -2.91. The SMILES string of the molecule is C[C@H]1C[C@@H](C(N)=O)c2ccccc2N1CC(=O)Nc1ccc(S(=O)(=O)N(C)C2CCCCC2)cc1. The van der Waals surface area contributed by atoms with Crippen LogP contribution in [0.1, 0.15) is 56.9 Å². The van der Waals surface area contributed by atoms with Gasteiger partial charge in [-0.05, 0) is 62.1 Å². The highest BCUT2D eigenvalue weighted by atomic mass is 32.2. The second-order valence-corrected chi connectivity index (χ2v) is 11.6. The standard InChI is InChI=1S/C26H34N4O4S/c1-18-16-23(26(27)32)22-10-6-7-11-24(22)30(18)17-25(31)28-19-12-14-21(15-13-19)35(33,34)29(2)20-8-4-3-5-9-20/h6-7,10-15,18,20,23H,3-5,8-9,16-17H2,1-2H3,(H2,27,32)(H,28,31)/t18-,23+/m0/s1. The molecule has 2 aromatic rings. The van der Waals surface area contributed by atoms with E-state index in [2.05, 4.69) is 5.32 Å². The quantitative estimate of drug-likeness (QED) is 0.607. The normalized spacial score (nSPS) is 20.9. The van der Waals surface area contributed by atoms with Crippen molar-refractivity contribution in [1.29, 1.82) is 0 Å². The number of hydrogen-bond acceptors (Lipinski definition) is 5. The molecule has 0 bridgehead atoms. The number of sulfonamides is 1. The van der Waals surface area contributed by atoms with E-state index in [0.717, 1.165) is 43.4 Å². The summed E-state index contributed by atoms with van der Waals surface area (Å²) in [6.07, 6.45) is 5.59. The molecule has 1 fully saturated rings. The molecule has 4 rings (SSSR count). The Bertz CT molecular complexity index is 1180. The molecule has 8 nitrogen and oxygen atoms in total. The van der Waals surface area contributed by atoms with Gasteiger partial charge in [0.25, 0.3) is 0 Å². The van der Waals surface area contributed by atoms with E-state index in [0.29, 0.717) is 12.1 Å². The molecule has 188 valence electrons. The fourth-order valence-corrected chi connectivity index (χ4v) is 6.68. The molecular formula is C26H34N4O4S. The molecule has 0 radical (unpaired) electrons. The number of benzene rings is 2. The number of fused-ring (bicyclic) bond motifs is 1. The highest BCUT2D eigenvalue weighted by molar-refractivity contribution is 7.89. The highest BCUT2D eigenvalue weighted by Gasteiger charge is 2.34. The van der Waals surface area contributed by atoms with Crippen LogP contribution in [-0.2, 0) is 19.6 Å². The summed E-state index contributed by atoms with van der Waals surface area (Å²) < 4.78 is 27.6. The molecule has 0 spiro atoms. The minimum atomic E-state index is -3.58. The molecule has 9 heteroatoms. The van der Waals surface area contributed by atoms with Crippen molar-refractivity contribution in [2.45, 2.75) is 68.3 Å². The number of para-hydroxylation sites is 1. The molecule has 1 saturated carbocycles. The molecule has 1 heterocycles. The van der Waals surface area contributed by atoms with E-state index in [4.69, 9.17) is 5.73 Å². The first-order chi connectivity index (χ1) is 16.7. The van der Waals surface area contributed by atoms with Gasteiger partial charge in [0, 0.05) is 30.5 Å². The average Bonchev–Trinajstić information content (AvgIpc) is 2.85. The van der Waals surface area contributed by atoms with Gasteiger partial charge in [-0.1, -0.05) is 37.5 Å². The summed E-state index contributed by atoms with van der Waals surface area (Å²) >= 11 is 0. The van der Waals surface area contributed by atoms with E-state index in [-0.39, 0.29) is 41.3 Å². The van der Waals surface area contributed by atoms with E-state index in [9.17, 15) is 18.0 Å². The summed E-state index contributed by atoms with van der Waals surface area (Å²) in [5.41, 5.74) is 7.81. The van der Waals surface area contributed by atoms with Crippen LogP contribution >= 0.6 is 0 Å². The molecule has 3 N–H and O–H groups in total. The van der Waals surface area contributed by atoms with Crippen LogP contribution in [0.3, 0.4) is 0 Å². The minimum Gasteiger partial charge on any atom is -0.369 e. The number of carbonyl (C=O) groups excluding carboxylic acids is 2. The lowest BCUT2D eigenvalue weighted by Crippen LogP contribution is -2.45. The first-order valence-electron chi connectivity index (χ1n) is 12.2. The molecule has 1 aliphatic carbocycles. The number of carbonyl (C=O) groups is 2. The summed E-state index contributed by atoms with van der Waals surface area (Å²) in [7, 11) is -1.93. The van der Waals surface area contributed by atoms with E-state index < -0.39 is 10.0 Å². The highest BCUT2D eigenvalue weighted by Crippen LogP contribution is 2.38. The maximum atomic E-state index is 13.1. The van der Waals surface area contributed by atoms with Crippen molar-refractivity contribution in [3.8, 4) is 0 Å². The van der Waals surface area contributed by atoms with Crippen molar-refractivity contribution in [3.05, 3.63) is 54.1 Å². The molecule has 35 heavy (non-hydrogen) atoms. The van der Waals surface area contributed by atoms with E-state index in [1.165, 1.54) is 4.31 Å². The lowest BCUT2D eigenvalue weighted by molar-refractivity contribution is -0.119. The fourth-order valence-electron chi connectivity index (χ4n) is 5.26. The van der Waals surface area contributed by atoms with Gasteiger partial charge >= 0.3 is 0 Å². The van der Waals surface area contributed by atoms with Gasteiger partial charge in [0.1, 0.15) is 0 Å². The number of hydrogen-bond donors (Lipinski definition) is 2. The van der Waals surface area contributed by atoms with Crippen LogP contribution in [-0.4, -0.2) is 50.2 Å². The maximum Gasteiger partial charge on any atom is 0.243 e. The second kappa shape index (κ2) is 10.4. The Morgan fingerprint density at radius 2 is 1.71 bits per heavy atom. The van der Waals surface area contributed by atoms with Gasteiger partial charge in [0.05, 0.1) is 17.4 Å². The Balaban J connectivity index is 1.43. The zero-order valence-electron chi connectivity index (χ0n) is 20.3. The second-order valence-electron chi connectivity index (χ2n) is 9.61. The van der Waals surface area contributed by atoms with Crippen LogP contribution < -0.4 is 16.0 Å². The molecule has 0 saturated heterocycles. The lowest BCUT2D eigenvalue weighted by Gasteiger charge is -2.39. The van der Waals surface area contributed by atoms with Gasteiger partial charge in [0.2, 0.25) is 21.8 Å². The van der Waals surface area contributed by atoms with Gasteiger partial charge < -0.3 is 16.0 Å². The monoisotopic (exact) mass is 498 g/mol. The van der Waals surface area contributed by atoms with Crippen molar-refractivity contribution < 1.29 is 18.0 Å². The molecule has 0 aromatic heterocycles. The van der Waals surface area contributed by atoms with Gasteiger partial charge in [-0.25, -0.2) is 8.42 Å². The van der Waals surface area contributed by atoms with Gasteiger partial charge in [-0.2, -0.15) is 4.31 Å². The Morgan fingerprint density at radius 3 is 2.37 bits per heavy atom. The molecule has 2 amide bonds. The summed E-state index contributed by atoms with van der Waals surface area (Å²) in [5.74, 6) is -0.960. The summed E-state index contributed by atoms with van der Waals surface area (Å²) in [4.78, 5) is 27.0. The van der Waals surface area contributed by atoms with E-state index in [1.807, 2.05) is 36.1 Å². The molecule has 2 atom stereocenters. The number of nitrogens with one attached hydrogen (secondary N) is 1. The van der Waals surface area contributed by atoms with Crippen molar-refractivity contribution in [2.24, 2.45) is 5.73 Å². The van der Waals surface area contributed by atoms with Crippen LogP contribution in [0.4, 0.5) is 11.4 Å². The summed E-state index contributed by atoms with van der Waals surface area (Å²) in [6, 6.07) is 13.8. The Kier molecular flexibility index (Phi) is 7.47. The number of rotatable bonds is 7. The molecular weight excluding hydrogens is 464 g/mol. The van der Waals surface area contributed by atoms with E-state index >= 15 is 0 Å². The maximum absolute atomic E-state index is 13.1. The third-order valence-corrected chi connectivity index (χ3v) is 9.22. The average molecular weight is 499 g/mol. The van der Waals surface area contributed by atoms with E-state index in [1.54, 1.807) is 31.3 Å². The Morgan fingerprint density at radius 1 is 1.06 bits per heavy atom. The van der Waals surface area contributed by atoms with Crippen molar-refractivity contribution in [2.75, 3.05) is 23.8 Å². The molecule has 0 unspecified atom stereocenters. The predicted molar refractivity (Wildman–Crippen MR) is 137 cm³/mol.